The number of aromatic nitrogens is 1. The van der Waals surface area contributed by atoms with Crippen LogP contribution in [-0.4, -0.2) is 44.0 Å². The number of amides is 2. The Hall–Kier alpha value is -1.83. The molecule has 0 atom stereocenters. The highest BCUT2D eigenvalue weighted by Gasteiger charge is 2.16. The number of hydrogen-bond acceptors (Lipinski definition) is 6. The average molecular weight is 285 g/mol. The molecule has 0 saturated carbocycles. The van der Waals surface area contributed by atoms with E-state index in [-0.39, 0.29) is 30.6 Å². The third-order valence-corrected chi connectivity index (χ3v) is 3.48. The van der Waals surface area contributed by atoms with Gasteiger partial charge in [-0.2, -0.15) is 0 Å². The summed E-state index contributed by atoms with van der Waals surface area (Å²) in [6, 6.07) is 0. The number of nitrogens with one attached hydrogen (secondary N) is 2. The molecule has 0 bridgehead atoms. The second-order valence-corrected chi connectivity index (χ2v) is 5.04. The van der Waals surface area contributed by atoms with Gasteiger partial charge in [0, 0.05) is 33.6 Å². The Kier molecular flexibility index (Phi) is 5.56. The summed E-state index contributed by atoms with van der Waals surface area (Å²) in [5, 5.41) is 5.98. The molecule has 0 aliphatic rings. The smallest absolute Gasteiger partial charge is 0.265 e. The van der Waals surface area contributed by atoms with Crippen LogP contribution in [0.15, 0.2) is 0 Å². The number of thiazole rings is 1. The van der Waals surface area contributed by atoms with Crippen LogP contribution in [0.2, 0.25) is 0 Å². The van der Waals surface area contributed by atoms with Crippen molar-refractivity contribution in [2.45, 2.75) is 13.3 Å². The number of nitrogens with two attached hydrogens (primary N) is 1. The molecule has 0 aromatic carbocycles. The van der Waals surface area contributed by atoms with Gasteiger partial charge in [-0.15, -0.1) is 0 Å². The van der Waals surface area contributed by atoms with E-state index in [2.05, 4.69) is 15.6 Å². The summed E-state index contributed by atoms with van der Waals surface area (Å²) in [7, 11) is 3.66. The van der Waals surface area contributed by atoms with E-state index in [0.717, 1.165) is 0 Å². The summed E-state index contributed by atoms with van der Waals surface area (Å²) in [5.41, 5.74) is 5.69. The fraction of sp³-hybridized carbons (Fsp3) is 0.545. The molecule has 1 aromatic rings. The molecule has 0 aliphatic heterocycles. The Balaban J connectivity index is 2.52. The number of carbonyl (C=O) groups is 2. The van der Waals surface area contributed by atoms with Crippen molar-refractivity contribution in [2.24, 2.45) is 0 Å². The molecule has 1 heterocycles. The van der Waals surface area contributed by atoms with Gasteiger partial charge in [0.25, 0.3) is 5.91 Å². The standard InChI is InChI=1S/C11H19N5O2S/c1-4-13-7(17)5-6-14-10(18)8-9(12)15-11(19-8)16(2)3/h4-6,12H2,1-3H3,(H,13,17)(H,14,18). The van der Waals surface area contributed by atoms with Gasteiger partial charge < -0.3 is 21.3 Å². The molecule has 0 spiro atoms. The van der Waals surface area contributed by atoms with Crippen molar-refractivity contribution in [2.75, 3.05) is 37.8 Å². The van der Waals surface area contributed by atoms with Crippen molar-refractivity contribution < 1.29 is 9.59 Å². The molecule has 0 unspecified atom stereocenters. The van der Waals surface area contributed by atoms with E-state index in [1.54, 1.807) is 4.90 Å². The van der Waals surface area contributed by atoms with Crippen LogP contribution < -0.4 is 21.3 Å². The van der Waals surface area contributed by atoms with Crippen molar-refractivity contribution >= 4 is 34.1 Å². The van der Waals surface area contributed by atoms with Crippen molar-refractivity contribution in [3.63, 3.8) is 0 Å². The zero-order valence-electron chi connectivity index (χ0n) is 11.3. The van der Waals surface area contributed by atoms with Crippen LogP contribution in [0.4, 0.5) is 10.9 Å². The van der Waals surface area contributed by atoms with Crippen LogP contribution in [0.1, 0.15) is 23.0 Å². The van der Waals surface area contributed by atoms with Crippen LogP contribution in [0.5, 0.6) is 0 Å². The fourth-order valence-corrected chi connectivity index (χ4v) is 2.15. The summed E-state index contributed by atoms with van der Waals surface area (Å²) >= 11 is 1.22. The number of carbonyl (C=O) groups excluding carboxylic acids is 2. The lowest BCUT2D eigenvalue weighted by molar-refractivity contribution is -0.120. The summed E-state index contributed by atoms with van der Waals surface area (Å²) in [6.45, 7) is 2.71. The maximum atomic E-state index is 11.9. The molecule has 1 rings (SSSR count). The van der Waals surface area contributed by atoms with Gasteiger partial charge in [0.15, 0.2) is 5.13 Å². The molecule has 0 radical (unpaired) electrons. The predicted octanol–water partition coefficient (Wildman–Crippen LogP) is 0.0473. The molecule has 1 aromatic heterocycles. The maximum Gasteiger partial charge on any atom is 0.265 e. The van der Waals surface area contributed by atoms with Crippen LogP contribution in [0.3, 0.4) is 0 Å². The zero-order chi connectivity index (χ0) is 14.4. The van der Waals surface area contributed by atoms with Gasteiger partial charge in [-0.05, 0) is 6.92 Å². The number of hydrogen-bond donors (Lipinski definition) is 3. The number of nitrogens with zero attached hydrogens (tertiary/aromatic N) is 2. The predicted molar refractivity (Wildman–Crippen MR) is 76.5 cm³/mol. The van der Waals surface area contributed by atoms with Crippen molar-refractivity contribution in [3.8, 4) is 0 Å². The van der Waals surface area contributed by atoms with Gasteiger partial charge in [-0.3, -0.25) is 9.59 Å². The first-order valence-electron chi connectivity index (χ1n) is 5.94. The van der Waals surface area contributed by atoms with Crippen LogP contribution >= 0.6 is 11.3 Å². The third kappa shape index (κ3) is 4.40. The Morgan fingerprint density at radius 1 is 1.37 bits per heavy atom. The largest absolute Gasteiger partial charge is 0.382 e. The van der Waals surface area contributed by atoms with E-state index in [9.17, 15) is 9.59 Å². The Morgan fingerprint density at radius 2 is 2.05 bits per heavy atom. The van der Waals surface area contributed by atoms with Gasteiger partial charge in [-0.1, -0.05) is 11.3 Å². The maximum absolute atomic E-state index is 11.9. The summed E-state index contributed by atoms with van der Waals surface area (Å²) in [6.07, 6.45) is 0.249. The van der Waals surface area contributed by atoms with Crippen LogP contribution in [0, 0.1) is 0 Å². The van der Waals surface area contributed by atoms with E-state index < -0.39 is 0 Å². The molecule has 7 nitrogen and oxygen atoms in total. The molecule has 2 amide bonds. The number of nitrogen functional groups attached to an aromatic ring is 1. The van der Waals surface area contributed by atoms with E-state index in [1.807, 2.05) is 21.0 Å². The SMILES string of the molecule is CCNC(=O)CCNC(=O)c1sc(N(C)C)nc1N. The quantitative estimate of drug-likeness (QED) is 0.685. The highest BCUT2D eigenvalue weighted by atomic mass is 32.1. The third-order valence-electron chi connectivity index (χ3n) is 2.24. The van der Waals surface area contributed by atoms with E-state index in [0.29, 0.717) is 16.6 Å². The average Bonchev–Trinajstić information content (AvgIpc) is 2.72. The minimum Gasteiger partial charge on any atom is -0.382 e. The van der Waals surface area contributed by atoms with Gasteiger partial charge in [0.05, 0.1) is 0 Å². The van der Waals surface area contributed by atoms with Gasteiger partial charge in [-0.25, -0.2) is 4.98 Å². The Bertz CT molecular complexity index is 458. The minimum atomic E-state index is -0.299. The number of anilines is 2. The van der Waals surface area contributed by atoms with Crippen LogP contribution in [0.25, 0.3) is 0 Å². The Labute approximate surface area is 116 Å². The molecule has 106 valence electrons. The second-order valence-electron chi connectivity index (χ2n) is 4.06. The Morgan fingerprint density at radius 3 is 2.58 bits per heavy atom. The van der Waals surface area contributed by atoms with E-state index in [4.69, 9.17) is 5.73 Å². The number of rotatable bonds is 6. The van der Waals surface area contributed by atoms with Gasteiger partial charge in [0.1, 0.15) is 10.7 Å². The van der Waals surface area contributed by atoms with Crippen LogP contribution in [-0.2, 0) is 4.79 Å². The first-order chi connectivity index (χ1) is 8.95. The zero-order valence-corrected chi connectivity index (χ0v) is 12.1. The monoisotopic (exact) mass is 285 g/mol. The van der Waals surface area contributed by atoms with Gasteiger partial charge >= 0.3 is 0 Å². The molecule has 0 aliphatic carbocycles. The first kappa shape index (κ1) is 15.2. The molecule has 8 heteroatoms. The first-order valence-corrected chi connectivity index (χ1v) is 6.75. The molecule has 4 N–H and O–H groups in total. The van der Waals surface area contributed by atoms with E-state index >= 15 is 0 Å². The lowest BCUT2D eigenvalue weighted by atomic mass is 10.3. The van der Waals surface area contributed by atoms with Crippen molar-refractivity contribution in [1.82, 2.24) is 15.6 Å². The van der Waals surface area contributed by atoms with Crippen molar-refractivity contribution in [1.29, 1.82) is 0 Å². The fourth-order valence-electron chi connectivity index (χ4n) is 1.33. The highest BCUT2D eigenvalue weighted by Crippen LogP contribution is 2.26. The lowest BCUT2D eigenvalue weighted by Crippen LogP contribution is -2.30. The lowest BCUT2D eigenvalue weighted by Gasteiger charge is -2.05. The summed E-state index contributed by atoms with van der Waals surface area (Å²) < 4.78 is 0. The summed E-state index contributed by atoms with van der Waals surface area (Å²) in [5.74, 6) is -0.175. The molecular formula is C11H19N5O2S. The van der Waals surface area contributed by atoms with Gasteiger partial charge in [0.2, 0.25) is 5.91 Å². The molecule has 19 heavy (non-hydrogen) atoms. The van der Waals surface area contributed by atoms with Crippen molar-refractivity contribution in [3.05, 3.63) is 4.88 Å². The van der Waals surface area contributed by atoms with E-state index in [1.165, 1.54) is 11.3 Å². The second kappa shape index (κ2) is 6.93. The summed E-state index contributed by atoms with van der Waals surface area (Å²) in [4.78, 5) is 29.3. The highest BCUT2D eigenvalue weighted by molar-refractivity contribution is 7.18. The normalized spacial score (nSPS) is 10.1. The molecular weight excluding hydrogens is 266 g/mol. The minimum absolute atomic E-state index is 0.0888. The topological polar surface area (TPSA) is 100 Å². The molecule has 0 saturated heterocycles. The molecule has 0 fully saturated rings.